The van der Waals surface area contributed by atoms with Gasteiger partial charge in [-0.2, -0.15) is 0 Å². The number of nitrogens with zero attached hydrogens (tertiary/aromatic N) is 3. The molecule has 118 valence electrons. The molecular formula is C17H23N3O2. The molecule has 0 bridgehead atoms. The number of para-hydroxylation sites is 2. The molecule has 1 atom stereocenters. The van der Waals surface area contributed by atoms with Gasteiger partial charge in [0.05, 0.1) is 0 Å². The maximum atomic E-state index is 5.99. The number of imidazole rings is 1. The van der Waals surface area contributed by atoms with Gasteiger partial charge in [-0.3, -0.25) is 0 Å². The second-order valence-corrected chi connectivity index (χ2v) is 5.82. The van der Waals surface area contributed by atoms with Crippen molar-refractivity contribution in [2.45, 2.75) is 18.9 Å². The van der Waals surface area contributed by atoms with E-state index in [1.165, 1.54) is 0 Å². The number of aryl methyl sites for hydroxylation is 2. The van der Waals surface area contributed by atoms with Gasteiger partial charge in [-0.25, -0.2) is 4.98 Å². The maximum Gasteiger partial charge on any atom is 0.161 e. The van der Waals surface area contributed by atoms with Crippen LogP contribution in [0.15, 0.2) is 36.7 Å². The fourth-order valence-corrected chi connectivity index (χ4v) is 2.74. The molecule has 0 aliphatic carbocycles. The number of rotatable bonds is 6. The van der Waals surface area contributed by atoms with E-state index in [2.05, 4.69) is 21.5 Å². The zero-order valence-electron chi connectivity index (χ0n) is 13.2. The minimum absolute atomic E-state index is 0.0908. The van der Waals surface area contributed by atoms with E-state index < -0.39 is 0 Å². The predicted octanol–water partition coefficient (Wildman–Crippen LogP) is 2.12. The van der Waals surface area contributed by atoms with Gasteiger partial charge in [-0.1, -0.05) is 12.1 Å². The van der Waals surface area contributed by atoms with E-state index in [9.17, 15) is 0 Å². The molecule has 5 heteroatoms. The highest BCUT2D eigenvalue weighted by Gasteiger charge is 2.21. The Morgan fingerprint density at radius 2 is 2.14 bits per heavy atom. The molecule has 1 aromatic heterocycles. The Kier molecular flexibility index (Phi) is 4.63. The van der Waals surface area contributed by atoms with Crippen LogP contribution in [0.5, 0.6) is 11.5 Å². The van der Waals surface area contributed by atoms with Gasteiger partial charge in [0.2, 0.25) is 0 Å². The molecule has 3 rings (SSSR count). The second kappa shape index (κ2) is 6.83. The number of hydrogen-bond acceptors (Lipinski definition) is 4. The Bertz CT molecular complexity index is 611. The van der Waals surface area contributed by atoms with Gasteiger partial charge >= 0.3 is 0 Å². The van der Waals surface area contributed by atoms with Gasteiger partial charge in [0, 0.05) is 32.4 Å². The van der Waals surface area contributed by atoms with Crippen LogP contribution < -0.4 is 9.47 Å². The van der Waals surface area contributed by atoms with Crippen molar-refractivity contribution in [3.63, 3.8) is 0 Å². The van der Waals surface area contributed by atoms with Crippen LogP contribution in [0.4, 0.5) is 0 Å². The van der Waals surface area contributed by atoms with E-state index in [1.54, 1.807) is 0 Å². The summed E-state index contributed by atoms with van der Waals surface area (Å²) in [7, 11) is 4.17. The number of hydrogen-bond donors (Lipinski definition) is 0. The Balaban J connectivity index is 1.43. The van der Waals surface area contributed by atoms with Crippen LogP contribution in [0.3, 0.4) is 0 Å². The van der Waals surface area contributed by atoms with Crippen molar-refractivity contribution < 1.29 is 9.47 Å². The van der Waals surface area contributed by atoms with Gasteiger partial charge in [-0.15, -0.1) is 0 Å². The fourth-order valence-electron chi connectivity index (χ4n) is 2.74. The summed E-state index contributed by atoms with van der Waals surface area (Å²) in [4.78, 5) is 6.65. The molecular weight excluding hydrogens is 278 g/mol. The van der Waals surface area contributed by atoms with Gasteiger partial charge in [-0.05, 0) is 32.1 Å². The molecule has 5 nitrogen and oxygen atoms in total. The molecule has 1 aliphatic rings. The average Bonchev–Trinajstić information content (AvgIpc) is 2.92. The topological polar surface area (TPSA) is 39.5 Å². The molecule has 0 spiro atoms. The maximum absolute atomic E-state index is 5.99. The van der Waals surface area contributed by atoms with Crippen molar-refractivity contribution in [3.05, 3.63) is 42.5 Å². The summed E-state index contributed by atoms with van der Waals surface area (Å²) in [6.45, 7) is 2.50. The van der Waals surface area contributed by atoms with Crippen LogP contribution in [-0.2, 0) is 13.5 Å². The highest BCUT2D eigenvalue weighted by atomic mass is 16.6. The summed E-state index contributed by atoms with van der Waals surface area (Å²) >= 11 is 0. The first-order chi connectivity index (χ1) is 10.7. The molecule has 1 unspecified atom stereocenters. The van der Waals surface area contributed by atoms with Crippen LogP contribution in [-0.4, -0.2) is 47.3 Å². The van der Waals surface area contributed by atoms with Crippen molar-refractivity contribution in [1.29, 1.82) is 0 Å². The Hall–Kier alpha value is -2.01. The smallest absolute Gasteiger partial charge is 0.161 e. The average molecular weight is 301 g/mol. The standard InChI is InChI=1S/C17H23N3O2/c1-19(10-5-8-17-18-9-11-20(17)2)12-14-13-21-15-6-3-4-7-16(15)22-14/h3-4,6-7,9,11,14H,5,8,10,12-13H2,1-2H3. The van der Waals surface area contributed by atoms with E-state index >= 15 is 0 Å². The first-order valence-electron chi connectivity index (χ1n) is 7.75. The molecule has 2 heterocycles. The predicted molar refractivity (Wildman–Crippen MR) is 85.4 cm³/mol. The molecule has 1 aliphatic heterocycles. The Morgan fingerprint density at radius 1 is 1.32 bits per heavy atom. The van der Waals surface area contributed by atoms with E-state index in [4.69, 9.17) is 9.47 Å². The molecule has 0 amide bonds. The molecule has 0 saturated carbocycles. The minimum atomic E-state index is 0.0908. The van der Waals surface area contributed by atoms with Crippen molar-refractivity contribution in [3.8, 4) is 11.5 Å². The van der Waals surface area contributed by atoms with E-state index in [0.717, 1.165) is 43.3 Å². The lowest BCUT2D eigenvalue weighted by Crippen LogP contribution is -2.39. The van der Waals surface area contributed by atoms with E-state index in [-0.39, 0.29) is 6.10 Å². The third-order valence-corrected chi connectivity index (χ3v) is 3.94. The third kappa shape index (κ3) is 3.60. The zero-order chi connectivity index (χ0) is 15.4. The first kappa shape index (κ1) is 14.9. The second-order valence-electron chi connectivity index (χ2n) is 5.82. The summed E-state index contributed by atoms with van der Waals surface area (Å²) in [5.41, 5.74) is 0. The van der Waals surface area contributed by atoms with Gasteiger partial charge < -0.3 is 18.9 Å². The summed E-state index contributed by atoms with van der Waals surface area (Å²) in [5.74, 6) is 2.83. The highest BCUT2D eigenvalue weighted by molar-refractivity contribution is 5.40. The van der Waals surface area contributed by atoms with Crippen LogP contribution in [0, 0.1) is 0 Å². The number of fused-ring (bicyclic) bond motifs is 1. The summed E-state index contributed by atoms with van der Waals surface area (Å²) < 4.78 is 13.8. The molecule has 1 aromatic carbocycles. The molecule has 0 saturated heterocycles. The van der Waals surface area contributed by atoms with E-state index in [1.807, 2.05) is 43.7 Å². The normalized spacial score (nSPS) is 17.0. The number of likely N-dealkylation sites (N-methyl/N-ethyl adjacent to an activating group) is 1. The zero-order valence-corrected chi connectivity index (χ0v) is 13.2. The van der Waals surface area contributed by atoms with Crippen LogP contribution in [0.25, 0.3) is 0 Å². The van der Waals surface area contributed by atoms with Crippen LogP contribution in [0.1, 0.15) is 12.2 Å². The molecule has 0 radical (unpaired) electrons. The summed E-state index contributed by atoms with van der Waals surface area (Å²) in [6.07, 6.45) is 6.02. The van der Waals surface area contributed by atoms with Crippen LogP contribution >= 0.6 is 0 Å². The van der Waals surface area contributed by atoms with E-state index in [0.29, 0.717) is 6.61 Å². The SMILES string of the molecule is CN(CCCc1nccn1C)CC1COc2ccccc2O1. The van der Waals surface area contributed by atoms with Gasteiger partial charge in [0.15, 0.2) is 11.5 Å². The van der Waals surface area contributed by atoms with Crippen molar-refractivity contribution >= 4 is 0 Å². The van der Waals surface area contributed by atoms with Gasteiger partial charge in [0.25, 0.3) is 0 Å². The molecule has 0 fully saturated rings. The van der Waals surface area contributed by atoms with Gasteiger partial charge in [0.1, 0.15) is 18.5 Å². The quantitative estimate of drug-likeness (QED) is 0.819. The van der Waals surface area contributed by atoms with Crippen molar-refractivity contribution in [2.75, 3.05) is 26.7 Å². The fraction of sp³-hybridized carbons (Fsp3) is 0.471. The number of ether oxygens (including phenoxy) is 2. The van der Waals surface area contributed by atoms with Crippen molar-refractivity contribution in [1.82, 2.24) is 14.5 Å². The first-order valence-corrected chi connectivity index (χ1v) is 7.75. The Morgan fingerprint density at radius 3 is 2.91 bits per heavy atom. The number of aromatic nitrogens is 2. The minimum Gasteiger partial charge on any atom is -0.486 e. The summed E-state index contributed by atoms with van der Waals surface area (Å²) in [5, 5.41) is 0. The lowest BCUT2D eigenvalue weighted by atomic mass is 10.2. The lowest BCUT2D eigenvalue weighted by molar-refractivity contribution is 0.0652. The number of benzene rings is 1. The van der Waals surface area contributed by atoms with Crippen LogP contribution in [0.2, 0.25) is 0 Å². The molecule has 22 heavy (non-hydrogen) atoms. The lowest BCUT2D eigenvalue weighted by Gasteiger charge is -2.29. The Labute approximate surface area is 131 Å². The molecule has 0 N–H and O–H groups in total. The summed E-state index contributed by atoms with van der Waals surface area (Å²) in [6, 6.07) is 7.85. The molecule has 2 aromatic rings. The largest absolute Gasteiger partial charge is 0.486 e. The third-order valence-electron chi connectivity index (χ3n) is 3.94. The monoisotopic (exact) mass is 301 g/mol. The highest BCUT2D eigenvalue weighted by Crippen LogP contribution is 2.30. The van der Waals surface area contributed by atoms with Crippen molar-refractivity contribution in [2.24, 2.45) is 7.05 Å².